The van der Waals surface area contributed by atoms with Crippen molar-refractivity contribution in [3.05, 3.63) is 106 Å². The van der Waals surface area contributed by atoms with E-state index in [1.807, 2.05) is 30.3 Å². The molecule has 2 N–H and O–H groups in total. The normalized spacial score (nSPS) is 24.3. The van der Waals surface area contributed by atoms with Gasteiger partial charge in [-0.05, 0) is 29.8 Å². The van der Waals surface area contributed by atoms with Gasteiger partial charge in [-0.25, -0.2) is 0 Å². The molecule has 7 nitrogen and oxygen atoms in total. The highest BCUT2D eigenvalue weighted by Gasteiger charge is 2.78. The zero-order valence-corrected chi connectivity index (χ0v) is 19.4. The van der Waals surface area contributed by atoms with Crippen molar-refractivity contribution >= 4 is 34.8 Å². The Morgan fingerprint density at radius 1 is 0.971 bits per heavy atom. The minimum Gasteiger partial charge on any atom is -0.455 e. The molecule has 172 valence electrons. The van der Waals surface area contributed by atoms with Crippen molar-refractivity contribution in [2.24, 2.45) is 5.73 Å². The molecule has 3 aromatic carbocycles. The Hall–Kier alpha value is -4.28. The van der Waals surface area contributed by atoms with E-state index in [9.17, 15) is 14.9 Å². The van der Waals surface area contributed by atoms with Crippen LogP contribution in [0.3, 0.4) is 0 Å². The number of hydrogen-bond acceptors (Lipinski definition) is 5. The fourth-order valence-electron chi connectivity index (χ4n) is 5.75. The second-order valence-corrected chi connectivity index (χ2v) is 9.24. The highest BCUT2D eigenvalue weighted by molar-refractivity contribution is 6.31. The number of para-hydroxylation sites is 1. The highest BCUT2D eigenvalue weighted by Crippen LogP contribution is 2.65. The summed E-state index contributed by atoms with van der Waals surface area (Å²) in [5, 5.41) is 10.7. The average molecular weight is 483 g/mol. The number of likely N-dealkylation sites (N-methyl/N-ethyl adjacent to an activating group) is 1. The molecule has 0 saturated carbocycles. The number of halogens is 1. The monoisotopic (exact) mass is 482 g/mol. The van der Waals surface area contributed by atoms with Crippen LogP contribution in [0.5, 0.6) is 0 Å². The van der Waals surface area contributed by atoms with E-state index in [4.69, 9.17) is 22.1 Å². The molecule has 3 heterocycles. The highest BCUT2D eigenvalue weighted by atomic mass is 35.5. The van der Waals surface area contributed by atoms with Gasteiger partial charge in [-0.15, -0.1) is 0 Å². The number of carbonyl (C=O) groups excluding carboxylic acids is 2. The molecule has 3 aromatic rings. The van der Waals surface area contributed by atoms with Crippen LogP contribution in [0.25, 0.3) is 0 Å². The first-order valence-electron chi connectivity index (χ1n) is 11.0. The third-order valence-corrected chi connectivity index (χ3v) is 7.41. The Kier molecular flexibility index (Phi) is 4.32. The molecule has 0 fully saturated rings. The lowest BCUT2D eigenvalue weighted by atomic mass is 9.62. The molecule has 6 rings (SSSR count). The number of benzene rings is 3. The maximum atomic E-state index is 14.6. The van der Waals surface area contributed by atoms with Gasteiger partial charge >= 0.3 is 0 Å². The molecule has 0 aromatic heterocycles. The third kappa shape index (κ3) is 2.39. The molecule has 2 spiro atoms. The topological polar surface area (TPSA) is 99.7 Å². The fourth-order valence-corrected chi connectivity index (χ4v) is 5.93. The Morgan fingerprint density at radius 2 is 1.69 bits per heavy atom. The first kappa shape index (κ1) is 21.3. The fraction of sp³-hybridized carbons (Fsp3) is 0.148. The summed E-state index contributed by atoms with van der Waals surface area (Å²) in [4.78, 5) is 31.7. The number of hydrogen-bond donors (Lipinski definition) is 1. The standard InChI is InChI=1S/C27H19ClN4O3/c1-31-21-10-6-5-9-18(21)27(25(31)34)26(20(14-29)23(30)35-27)19-13-17(28)11-12-22(19)32(24(26)33)15-16-7-3-2-4-8-16/h2-13H,15,30H2,1H3. The quantitative estimate of drug-likeness (QED) is 0.600. The van der Waals surface area contributed by atoms with Gasteiger partial charge in [-0.2, -0.15) is 5.26 Å². The number of nitriles is 1. The van der Waals surface area contributed by atoms with Gasteiger partial charge in [0.15, 0.2) is 5.41 Å². The lowest BCUT2D eigenvalue weighted by Crippen LogP contribution is -2.58. The second kappa shape index (κ2) is 7.11. The lowest BCUT2D eigenvalue weighted by molar-refractivity contribution is -0.148. The van der Waals surface area contributed by atoms with Crippen LogP contribution in [0.2, 0.25) is 5.02 Å². The Labute approximate surface area is 206 Å². The molecular formula is C27H19ClN4O3. The first-order chi connectivity index (χ1) is 16.9. The smallest absolute Gasteiger partial charge is 0.277 e. The van der Waals surface area contributed by atoms with Crippen LogP contribution in [0.15, 0.2) is 84.3 Å². The minimum absolute atomic E-state index is 0.0972. The van der Waals surface area contributed by atoms with E-state index in [0.717, 1.165) is 5.56 Å². The van der Waals surface area contributed by atoms with E-state index in [1.165, 1.54) is 4.90 Å². The summed E-state index contributed by atoms with van der Waals surface area (Å²) >= 11 is 6.43. The van der Waals surface area contributed by atoms with Gasteiger partial charge in [0.05, 0.1) is 12.2 Å². The van der Waals surface area contributed by atoms with Crippen molar-refractivity contribution in [3.8, 4) is 6.07 Å². The molecule has 2 unspecified atom stereocenters. The number of anilines is 2. The van der Waals surface area contributed by atoms with Crippen LogP contribution in [-0.2, 0) is 31.9 Å². The Balaban J connectivity index is 1.70. The lowest BCUT2D eigenvalue weighted by Gasteiger charge is -2.37. The molecule has 0 radical (unpaired) electrons. The SMILES string of the molecule is CN1C(=O)C2(OC(N)=C(C#N)C23C(=O)N(Cc2ccccc2)c2ccc(Cl)cc23)c2ccccc21. The van der Waals surface area contributed by atoms with Crippen molar-refractivity contribution < 1.29 is 14.3 Å². The summed E-state index contributed by atoms with van der Waals surface area (Å²) in [6.45, 7) is 0.233. The van der Waals surface area contributed by atoms with Crippen LogP contribution >= 0.6 is 11.6 Å². The van der Waals surface area contributed by atoms with Gasteiger partial charge in [-0.3, -0.25) is 9.59 Å². The van der Waals surface area contributed by atoms with Gasteiger partial charge in [-0.1, -0.05) is 60.1 Å². The molecule has 0 aliphatic carbocycles. The summed E-state index contributed by atoms with van der Waals surface area (Å²) < 4.78 is 6.18. The van der Waals surface area contributed by atoms with Crippen molar-refractivity contribution in [2.75, 3.05) is 16.8 Å². The number of nitrogens with zero attached hydrogens (tertiary/aromatic N) is 3. The summed E-state index contributed by atoms with van der Waals surface area (Å²) in [5.74, 6) is -1.19. The van der Waals surface area contributed by atoms with E-state index in [1.54, 1.807) is 54.4 Å². The number of nitrogens with two attached hydrogens (primary N) is 1. The van der Waals surface area contributed by atoms with Gasteiger partial charge in [0.25, 0.3) is 5.91 Å². The summed E-state index contributed by atoms with van der Waals surface area (Å²) in [5.41, 5.74) is 5.38. The summed E-state index contributed by atoms with van der Waals surface area (Å²) in [6.07, 6.45) is 0. The van der Waals surface area contributed by atoms with Gasteiger partial charge < -0.3 is 20.3 Å². The van der Waals surface area contributed by atoms with E-state index in [0.29, 0.717) is 27.5 Å². The molecule has 0 saturated heterocycles. The number of amides is 2. The molecule has 2 amide bonds. The predicted octanol–water partition coefficient (Wildman–Crippen LogP) is 3.72. The number of carbonyl (C=O) groups is 2. The Morgan fingerprint density at radius 3 is 2.43 bits per heavy atom. The molecule has 3 aliphatic rings. The van der Waals surface area contributed by atoms with Crippen LogP contribution in [0, 0.1) is 11.3 Å². The molecule has 3 aliphatic heterocycles. The molecule has 0 bridgehead atoms. The van der Waals surface area contributed by atoms with Crippen molar-refractivity contribution in [1.82, 2.24) is 0 Å². The van der Waals surface area contributed by atoms with Crippen LogP contribution < -0.4 is 15.5 Å². The van der Waals surface area contributed by atoms with Crippen LogP contribution in [-0.4, -0.2) is 18.9 Å². The van der Waals surface area contributed by atoms with E-state index in [2.05, 4.69) is 6.07 Å². The van der Waals surface area contributed by atoms with Crippen molar-refractivity contribution in [3.63, 3.8) is 0 Å². The minimum atomic E-state index is -1.88. The van der Waals surface area contributed by atoms with E-state index < -0.39 is 22.8 Å². The number of ether oxygens (including phenoxy) is 1. The Bertz CT molecular complexity index is 1510. The number of rotatable bonds is 2. The van der Waals surface area contributed by atoms with Crippen molar-refractivity contribution in [2.45, 2.75) is 17.6 Å². The van der Waals surface area contributed by atoms with Gasteiger partial charge in [0.2, 0.25) is 17.4 Å². The van der Waals surface area contributed by atoms with Gasteiger partial charge in [0, 0.05) is 28.9 Å². The zero-order valence-electron chi connectivity index (χ0n) is 18.7. The zero-order chi connectivity index (χ0) is 24.5. The average Bonchev–Trinajstić information content (AvgIpc) is 3.36. The maximum Gasteiger partial charge on any atom is 0.277 e. The van der Waals surface area contributed by atoms with Crippen LogP contribution in [0.4, 0.5) is 11.4 Å². The molecule has 8 heteroatoms. The maximum absolute atomic E-state index is 14.6. The number of fused-ring (bicyclic) bond motifs is 5. The summed E-state index contributed by atoms with van der Waals surface area (Å²) in [6, 6.07) is 23.7. The third-order valence-electron chi connectivity index (χ3n) is 7.18. The largest absolute Gasteiger partial charge is 0.455 e. The van der Waals surface area contributed by atoms with Crippen LogP contribution in [0.1, 0.15) is 16.7 Å². The summed E-state index contributed by atoms with van der Waals surface area (Å²) in [7, 11) is 1.62. The van der Waals surface area contributed by atoms with E-state index in [-0.39, 0.29) is 18.0 Å². The second-order valence-electron chi connectivity index (χ2n) is 8.80. The van der Waals surface area contributed by atoms with E-state index >= 15 is 0 Å². The molecule has 35 heavy (non-hydrogen) atoms. The van der Waals surface area contributed by atoms with Crippen molar-refractivity contribution in [1.29, 1.82) is 5.26 Å². The van der Waals surface area contributed by atoms with Gasteiger partial charge in [0.1, 0.15) is 11.6 Å². The first-order valence-corrected chi connectivity index (χ1v) is 11.4. The predicted molar refractivity (Wildman–Crippen MR) is 130 cm³/mol. The molecular weight excluding hydrogens is 464 g/mol. The molecule has 2 atom stereocenters.